The second kappa shape index (κ2) is 8.88. The second-order valence-electron chi connectivity index (χ2n) is 6.45. The van der Waals surface area contributed by atoms with Crippen LogP contribution in [0.5, 0.6) is 11.5 Å². The van der Waals surface area contributed by atoms with Gasteiger partial charge in [0.15, 0.2) is 11.5 Å². The molecule has 6 nitrogen and oxygen atoms in total. The van der Waals surface area contributed by atoms with Gasteiger partial charge in [0, 0.05) is 38.8 Å². The summed E-state index contributed by atoms with van der Waals surface area (Å²) in [6, 6.07) is 10.2. The van der Waals surface area contributed by atoms with Gasteiger partial charge >= 0.3 is 0 Å². The van der Waals surface area contributed by atoms with Gasteiger partial charge in [-0.15, -0.1) is 0 Å². The van der Waals surface area contributed by atoms with E-state index in [1.807, 2.05) is 12.1 Å². The van der Waals surface area contributed by atoms with Gasteiger partial charge in [-0.3, -0.25) is 4.90 Å². The number of hydrogen-bond acceptors (Lipinski definition) is 5. The quantitative estimate of drug-likeness (QED) is 0.681. The Balaban J connectivity index is 1.67. The number of hydrogen-bond donors (Lipinski definition) is 0. The molecule has 3 rings (SSSR count). The summed E-state index contributed by atoms with van der Waals surface area (Å²) in [7, 11) is -0.600. The van der Waals surface area contributed by atoms with E-state index < -0.39 is 10.0 Å². The lowest BCUT2D eigenvalue weighted by Gasteiger charge is -2.34. The van der Waals surface area contributed by atoms with Crippen molar-refractivity contribution in [3.05, 3.63) is 52.0 Å². The van der Waals surface area contributed by atoms with Gasteiger partial charge in [-0.05, 0) is 29.8 Å². The average molecular weight is 445 g/mol. The number of ether oxygens (including phenoxy) is 2. The molecule has 0 unspecified atom stereocenters. The SMILES string of the molecule is COc1ccc(S(=O)(=O)N2CCN(Cc3ccc(Cl)c(Cl)c3)CC2)cc1OC. The topological polar surface area (TPSA) is 59.1 Å². The van der Waals surface area contributed by atoms with Crippen LogP contribution >= 0.6 is 23.2 Å². The molecule has 9 heteroatoms. The van der Waals surface area contributed by atoms with Crippen molar-refractivity contribution in [1.29, 1.82) is 0 Å². The van der Waals surface area contributed by atoms with Gasteiger partial charge < -0.3 is 9.47 Å². The summed E-state index contributed by atoms with van der Waals surface area (Å²) in [4.78, 5) is 2.39. The third kappa shape index (κ3) is 4.55. The smallest absolute Gasteiger partial charge is 0.243 e. The van der Waals surface area contributed by atoms with E-state index in [4.69, 9.17) is 32.7 Å². The highest BCUT2D eigenvalue weighted by molar-refractivity contribution is 7.89. The van der Waals surface area contributed by atoms with Crippen LogP contribution in [0.2, 0.25) is 10.0 Å². The van der Waals surface area contributed by atoms with Crippen LogP contribution in [0.1, 0.15) is 5.56 Å². The van der Waals surface area contributed by atoms with Crippen molar-refractivity contribution in [2.75, 3.05) is 40.4 Å². The first-order valence-electron chi connectivity index (χ1n) is 8.73. The van der Waals surface area contributed by atoms with Gasteiger partial charge in [0.25, 0.3) is 0 Å². The van der Waals surface area contributed by atoms with Gasteiger partial charge in [-0.2, -0.15) is 4.31 Å². The molecule has 1 aliphatic heterocycles. The summed E-state index contributed by atoms with van der Waals surface area (Å²) in [5, 5.41) is 1.05. The molecule has 0 saturated carbocycles. The first-order chi connectivity index (χ1) is 13.3. The van der Waals surface area contributed by atoms with E-state index in [1.165, 1.54) is 24.6 Å². The molecule has 2 aromatic carbocycles. The Morgan fingerprint density at radius 1 is 0.893 bits per heavy atom. The third-order valence-corrected chi connectivity index (χ3v) is 7.35. The van der Waals surface area contributed by atoms with Crippen LogP contribution < -0.4 is 9.47 Å². The zero-order valence-corrected chi connectivity index (χ0v) is 18.0. The summed E-state index contributed by atoms with van der Waals surface area (Å²) >= 11 is 12.0. The van der Waals surface area contributed by atoms with Crippen molar-refractivity contribution in [1.82, 2.24) is 9.21 Å². The average Bonchev–Trinajstić information content (AvgIpc) is 2.70. The van der Waals surface area contributed by atoms with Gasteiger partial charge in [0.1, 0.15) is 0 Å². The van der Waals surface area contributed by atoms with Crippen LogP contribution in [-0.2, 0) is 16.6 Å². The summed E-state index contributed by atoms with van der Waals surface area (Å²) in [5.74, 6) is 0.884. The predicted molar refractivity (Wildman–Crippen MR) is 110 cm³/mol. The lowest BCUT2D eigenvalue weighted by Crippen LogP contribution is -2.48. The minimum atomic E-state index is -3.60. The van der Waals surface area contributed by atoms with Crippen molar-refractivity contribution in [3.63, 3.8) is 0 Å². The first kappa shape index (κ1) is 21.2. The maximum atomic E-state index is 13.0. The van der Waals surface area contributed by atoms with Crippen LogP contribution in [0.15, 0.2) is 41.3 Å². The standard InChI is InChI=1S/C19H22Cl2N2O4S/c1-26-18-6-4-15(12-19(18)27-2)28(24,25)23-9-7-22(8-10-23)13-14-3-5-16(20)17(21)11-14/h3-6,11-12H,7-10,13H2,1-2H3. The molecule has 0 aromatic heterocycles. The molecule has 0 spiro atoms. The molecule has 0 atom stereocenters. The highest BCUT2D eigenvalue weighted by atomic mass is 35.5. The minimum absolute atomic E-state index is 0.197. The van der Waals surface area contributed by atoms with Crippen LogP contribution in [0.25, 0.3) is 0 Å². The van der Waals surface area contributed by atoms with Gasteiger partial charge in [0.2, 0.25) is 10.0 Å². The Labute approximate surface area is 175 Å². The number of methoxy groups -OCH3 is 2. The van der Waals surface area contributed by atoms with Gasteiger partial charge in [-0.1, -0.05) is 29.3 Å². The molecule has 1 fully saturated rings. The normalized spacial score (nSPS) is 16.1. The van der Waals surface area contributed by atoms with Crippen molar-refractivity contribution in [2.24, 2.45) is 0 Å². The summed E-state index contributed by atoms with van der Waals surface area (Å²) in [5.41, 5.74) is 1.05. The molecule has 0 amide bonds. The van der Waals surface area contributed by atoms with Gasteiger partial charge in [-0.25, -0.2) is 8.42 Å². The molecule has 0 radical (unpaired) electrons. The van der Waals surface area contributed by atoms with Crippen LogP contribution in [0.4, 0.5) is 0 Å². The number of halogens is 2. The lowest BCUT2D eigenvalue weighted by molar-refractivity contribution is 0.181. The van der Waals surface area contributed by atoms with E-state index >= 15 is 0 Å². The van der Waals surface area contributed by atoms with Crippen LogP contribution in [0.3, 0.4) is 0 Å². The number of benzene rings is 2. The predicted octanol–water partition coefficient (Wildman–Crippen LogP) is 3.52. The highest BCUT2D eigenvalue weighted by Crippen LogP contribution is 2.31. The fraction of sp³-hybridized carbons (Fsp3) is 0.368. The van der Waals surface area contributed by atoms with E-state index in [1.54, 1.807) is 18.2 Å². The van der Waals surface area contributed by atoms with Crippen molar-refractivity contribution in [2.45, 2.75) is 11.4 Å². The molecule has 2 aromatic rings. The molecule has 28 heavy (non-hydrogen) atoms. The van der Waals surface area contributed by atoms with E-state index in [0.717, 1.165) is 5.56 Å². The molecule has 0 aliphatic carbocycles. The Hall–Kier alpha value is -1.51. The second-order valence-corrected chi connectivity index (χ2v) is 9.20. The van der Waals surface area contributed by atoms with Gasteiger partial charge in [0.05, 0.1) is 29.2 Å². The van der Waals surface area contributed by atoms with Crippen molar-refractivity contribution >= 4 is 33.2 Å². The number of nitrogens with zero attached hydrogens (tertiary/aromatic N) is 2. The van der Waals surface area contributed by atoms with E-state index in [-0.39, 0.29) is 4.90 Å². The third-order valence-electron chi connectivity index (χ3n) is 4.71. The van der Waals surface area contributed by atoms with Crippen molar-refractivity contribution < 1.29 is 17.9 Å². The number of rotatable bonds is 6. The van der Waals surface area contributed by atoms with E-state index in [2.05, 4.69) is 4.90 Å². The van der Waals surface area contributed by atoms with E-state index in [9.17, 15) is 8.42 Å². The molecule has 1 aliphatic rings. The lowest BCUT2D eigenvalue weighted by atomic mass is 10.2. The molecule has 0 N–H and O–H groups in total. The minimum Gasteiger partial charge on any atom is -0.493 e. The Kier molecular flexibility index (Phi) is 6.73. The Morgan fingerprint density at radius 3 is 2.18 bits per heavy atom. The maximum Gasteiger partial charge on any atom is 0.243 e. The fourth-order valence-electron chi connectivity index (χ4n) is 3.15. The molecule has 1 heterocycles. The van der Waals surface area contributed by atoms with Crippen LogP contribution in [-0.4, -0.2) is 58.0 Å². The number of piperazine rings is 1. The summed E-state index contributed by atoms with van der Waals surface area (Å²) in [6.07, 6.45) is 0. The molecule has 1 saturated heterocycles. The Bertz CT molecular complexity index is 945. The highest BCUT2D eigenvalue weighted by Gasteiger charge is 2.29. The monoisotopic (exact) mass is 444 g/mol. The Morgan fingerprint density at radius 2 is 1.57 bits per heavy atom. The molecule has 0 bridgehead atoms. The maximum absolute atomic E-state index is 13.0. The summed E-state index contributed by atoms with van der Waals surface area (Å²) < 4.78 is 37.9. The molecular weight excluding hydrogens is 423 g/mol. The molecular formula is C19H22Cl2N2O4S. The van der Waals surface area contributed by atoms with Crippen LogP contribution in [0, 0.1) is 0 Å². The largest absolute Gasteiger partial charge is 0.493 e. The number of sulfonamides is 1. The zero-order chi connectivity index (χ0) is 20.3. The fourth-order valence-corrected chi connectivity index (χ4v) is 4.91. The zero-order valence-electron chi connectivity index (χ0n) is 15.7. The molecule has 152 valence electrons. The first-order valence-corrected chi connectivity index (χ1v) is 10.9. The van der Waals surface area contributed by atoms with Crippen molar-refractivity contribution in [3.8, 4) is 11.5 Å². The summed E-state index contributed by atoms with van der Waals surface area (Å²) in [6.45, 7) is 2.79. The van der Waals surface area contributed by atoms with E-state index in [0.29, 0.717) is 54.3 Å².